The van der Waals surface area contributed by atoms with Crippen LogP contribution in [0.2, 0.25) is 0 Å². The number of β-amino-alcohol motifs (C(OH)–C–C–N with tert-alkyl or cyclic N) is 1. The third kappa shape index (κ3) is 6.10. The quantitative estimate of drug-likeness (QED) is 0.667. The van der Waals surface area contributed by atoms with E-state index in [0.29, 0.717) is 6.04 Å². The standard InChI is InChI=1S/C9H21N3O.C2H6/c1-8-6-11(4-5-12(8)10)7-9(2,3)13;1-2/h8,13H,4-7,10H2,1-3H3;1-2H3. The molecule has 15 heavy (non-hydrogen) atoms. The predicted molar refractivity (Wildman–Crippen MR) is 64.4 cm³/mol. The maximum absolute atomic E-state index is 9.64. The van der Waals surface area contributed by atoms with E-state index in [0.717, 1.165) is 26.2 Å². The van der Waals surface area contributed by atoms with E-state index in [1.54, 1.807) is 0 Å². The van der Waals surface area contributed by atoms with Crippen molar-refractivity contribution in [3.8, 4) is 0 Å². The first kappa shape index (κ1) is 14.8. The second-order valence-electron chi connectivity index (χ2n) is 4.63. The predicted octanol–water partition coefficient (Wildman–Crippen LogP) is 0.663. The van der Waals surface area contributed by atoms with Gasteiger partial charge in [0.1, 0.15) is 0 Å². The van der Waals surface area contributed by atoms with Crippen LogP contribution in [0, 0.1) is 0 Å². The number of hydrazine groups is 1. The van der Waals surface area contributed by atoms with Gasteiger partial charge < -0.3 is 5.11 Å². The van der Waals surface area contributed by atoms with Gasteiger partial charge in [0.25, 0.3) is 0 Å². The lowest BCUT2D eigenvalue weighted by atomic mass is 10.1. The molecule has 4 heteroatoms. The molecule has 0 aromatic rings. The van der Waals surface area contributed by atoms with Crippen LogP contribution in [-0.4, -0.2) is 52.8 Å². The van der Waals surface area contributed by atoms with Gasteiger partial charge in [-0.2, -0.15) is 0 Å². The Morgan fingerprint density at radius 1 is 1.33 bits per heavy atom. The summed E-state index contributed by atoms with van der Waals surface area (Å²) in [4.78, 5) is 2.26. The van der Waals surface area contributed by atoms with Crippen LogP contribution in [0.25, 0.3) is 0 Å². The van der Waals surface area contributed by atoms with E-state index in [-0.39, 0.29) is 0 Å². The van der Waals surface area contributed by atoms with Crippen molar-refractivity contribution in [3.05, 3.63) is 0 Å². The van der Waals surface area contributed by atoms with Gasteiger partial charge in [0.05, 0.1) is 5.60 Å². The third-order valence-electron chi connectivity index (χ3n) is 2.37. The molecule has 0 bridgehead atoms. The van der Waals surface area contributed by atoms with Gasteiger partial charge in [0, 0.05) is 32.2 Å². The number of hydrogen-bond acceptors (Lipinski definition) is 4. The summed E-state index contributed by atoms with van der Waals surface area (Å²) in [7, 11) is 0. The van der Waals surface area contributed by atoms with Crippen molar-refractivity contribution in [2.45, 2.75) is 46.3 Å². The van der Waals surface area contributed by atoms with Crippen molar-refractivity contribution in [3.63, 3.8) is 0 Å². The zero-order valence-electron chi connectivity index (χ0n) is 10.8. The van der Waals surface area contributed by atoms with Crippen LogP contribution in [0.3, 0.4) is 0 Å². The number of aliphatic hydroxyl groups is 1. The van der Waals surface area contributed by atoms with Gasteiger partial charge in [-0.3, -0.25) is 10.7 Å². The lowest BCUT2D eigenvalue weighted by Gasteiger charge is -2.39. The van der Waals surface area contributed by atoms with Gasteiger partial charge in [0.2, 0.25) is 0 Å². The van der Waals surface area contributed by atoms with Gasteiger partial charge in [-0.15, -0.1) is 0 Å². The highest BCUT2D eigenvalue weighted by Crippen LogP contribution is 2.10. The van der Waals surface area contributed by atoms with E-state index < -0.39 is 5.60 Å². The van der Waals surface area contributed by atoms with Crippen LogP contribution >= 0.6 is 0 Å². The van der Waals surface area contributed by atoms with Crippen LogP contribution < -0.4 is 5.84 Å². The Morgan fingerprint density at radius 3 is 2.27 bits per heavy atom. The van der Waals surface area contributed by atoms with Crippen molar-refractivity contribution >= 4 is 0 Å². The Balaban J connectivity index is 0.000000921. The van der Waals surface area contributed by atoms with Crippen LogP contribution in [0.4, 0.5) is 0 Å². The second kappa shape index (κ2) is 6.43. The minimum atomic E-state index is -0.601. The van der Waals surface area contributed by atoms with Crippen molar-refractivity contribution in [1.82, 2.24) is 9.91 Å². The van der Waals surface area contributed by atoms with Crippen LogP contribution in [0.5, 0.6) is 0 Å². The van der Waals surface area contributed by atoms with E-state index in [2.05, 4.69) is 11.8 Å². The van der Waals surface area contributed by atoms with Gasteiger partial charge in [0.15, 0.2) is 0 Å². The Labute approximate surface area is 94.0 Å². The molecule has 92 valence electrons. The molecule has 1 aliphatic rings. The fourth-order valence-corrected chi connectivity index (χ4v) is 1.74. The summed E-state index contributed by atoms with van der Waals surface area (Å²) in [6.45, 7) is 13.3. The van der Waals surface area contributed by atoms with Gasteiger partial charge in [-0.25, -0.2) is 5.01 Å². The summed E-state index contributed by atoms with van der Waals surface area (Å²) in [6, 6.07) is 0.385. The molecule has 0 aromatic heterocycles. The first-order valence-electron chi connectivity index (χ1n) is 5.84. The first-order valence-corrected chi connectivity index (χ1v) is 5.84. The molecule has 3 N–H and O–H groups in total. The normalized spacial score (nSPS) is 24.6. The first-order chi connectivity index (χ1) is 6.88. The summed E-state index contributed by atoms with van der Waals surface area (Å²) >= 11 is 0. The minimum Gasteiger partial charge on any atom is -0.389 e. The van der Waals surface area contributed by atoms with E-state index in [9.17, 15) is 5.11 Å². The average Bonchev–Trinajstić information content (AvgIpc) is 2.12. The van der Waals surface area contributed by atoms with Crippen molar-refractivity contribution in [1.29, 1.82) is 0 Å². The van der Waals surface area contributed by atoms with Crippen LogP contribution in [0.1, 0.15) is 34.6 Å². The van der Waals surface area contributed by atoms with E-state index >= 15 is 0 Å². The van der Waals surface area contributed by atoms with E-state index in [1.807, 2.05) is 32.7 Å². The summed E-state index contributed by atoms with van der Waals surface area (Å²) in [6.07, 6.45) is 0. The maximum Gasteiger partial charge on any atom is 0.0718 e. The number of piperazine rings is 1. The number of nitrogens with two attached hydrogens (primary N) is 1. The van der Waals surface area contributed by atoms with Gasteiger partial charge in [-0.05, 0) is 20.8 Å². The molecular weight excluding hydrogens is 190 g/mol. The molecule has 1 atom stereocenters. The molecule has 1 rings (SSSR count). The Morgan fingerprint density at radius 2 is 1.87 bits per heavy atom. The molecule has 1 unspecified atom stereocenters. The monoisotopic (exact) mass is 217 g/mol. The summed E-state index contributed by atoms with van der Waals surface area (Å²) < 4.78 is 0. The molecular formula is C11H27N3O. The summed E-state index contributed by atoms with van der Waals surface area (Å²) in [5, 5.41) is 11.5. The molecule has 0 saturated carbocycles. The zero-order chi connectivity index (χ0) is 12.1. The molecule has 0 aromatic carbocycles. The van der Waals surface area contributed by atoms with Crippen molar-refractivity contribution in [2.75, 3.05) is 26.2 Å². The second-order valence-corrected chi connectivity index (χ2v) is 4.63. The molecule has 1 saturated heterocycles. The molecule has 4 nitrogen and oxygen atoms in total. The van der Waals surface area contributed by atoms with Crippen molar-refractivity contribution in [2.24, 2.45) is 5.84 Å². The Bertz CT molecular complexity index is 168. The summed E-state index contributed by atoms with van der Waals surface area (Å²) in [5.41, 5.74) is -0.601. The number of hydrogen-bond donors (Lipinski definition) is 2. The Hall–Kier alpha value is -0.160. The van der Waals surface area contributed by atoms with Gasteiger partial charge in [-0.1, -0.05) is 13.8 Å². The maximum atomic E-state index is 9.64. The molecule has 0 amide bonds. The molecule has 1 fully saturated rings. The van der Waals surface area contributed by atoms with Gasteiger partial charge >= 0.3 is 0 Å². The number of nitrogens with zero attached hydrogens (tertiary/aromatic N) is 2. The fourth-order valence-electron chi connectivity index (χ4n) is 1.74. The van der Waals surface area contributed by atoms with Crippen LogP contribution in [0.15, 0.2) is 0 Å². The van der Waals surface area contributed by atoms with E-state index in [4.69, 9.17) is 5.84 Å². The highest BCUT2D eigenvalue weighted by Gasteiger charge is 2.25. The topological polar surface area (TPSA) is 52.7 Å². The smallest absolute Gasteiger partial charge is 0.0718 e. The largest absolute Gasteiger partial charge is 0.389 e. The molecule has 1 heterocycles. The molecule has 0 aliphatic carbocycles. The Kier molecular flexibility index (Phi) is 6.36. The fraction of sp³-hybridized carbons (Fsp3) is 1.00. The molecule has 1 aliphatic heterocycles. The number of rotatable bonds is 2. The highest BCUT2D eigenvalue weighted by molar-refractivity contribution is 4.80. The van der Waals surface area contributed by atoms with Crippen molar-refractivity contribution < 1.29 is 5.11 Å². The van der Waals surface area contributed by atoms with Crippen LogP contribution in [-0.2, 0) is 0 Å². The minimum absolute atomic E-state index is 0.385. The lowest BCUT2D eigenvalue weighted by Crippen LogP contribution is -2.56. The average molecular weight is 217 g/mol. The summed E-state index contributed by atoms with van der Waals surface area (Å²) in [5.74, 6) is 5.75. The zero-order valence-corrected chi connectivity index (χ0v) is 10.8. The molecule has 0 radical (unpaired) electrons. The highest BCUT2D eigenvalue weighted by atomic mass is 16.3. The third-order valence-corrected chi connectivity index (χ3v) is 2.37. The SMILES string of the molecule is CC.CC1CN(CC(C)(C)O)CCN1N. The lowest BCUT2D eigenvalue weighted by molar-refractivity contribution is 0.00366. The van der Waals surface area contributed by atoms with E-state index in [1.165, 1.54) is 0 Å². The molecule has 0 spiro atoms.